The quantitative estimate of drug-likeness (QED) is 0.182. The smallest absolute Gasteiger partial charge is 0.198 e. The van der Waals surface area contributed by atoms with Crippen molar-refractivity contribution < 1.29 is 30.7 Å². The first kappa shape index (κ1) is 13.9. The summed E-state index contributed by atoms with van der Waals surface area (Å²) in [6.45, 7) is 0. The van der Waals surface area contributed by atoms with E-state index in [1.165, 1.54) is 0 Å². The minimum absolute atomic E-state index is 1.52. The fourth-order valence-electron chi connectivity index (χ4n) is 1.62. The van der Waals surface area contributed by atoms with Gasteiger partial charge in [0.25, 0.3) is 0 Å². The molecule has 0 aliphatic heterocycles. The number of benzene rings is 2. The Balaban J connectivity index is 3.26. The summed E-state index contributed by atoms with van der Waals surface area (Å²) in [5, 5.41) is -0.712. The Morgan fingerprint density at radius 2 is 1.00 bits per heavy atom. The highest BCUT2D eigenvalue weighted by Gasteiger charge is 2.29. The highest BCUT2D eigenvalue weighted by Crippen LogP contribution is 2.38. The van der Waals surface area contributed by atoms with Crippen LogP contribution in [-0.4, -0.2) is 0 Å². The highest BCUT2D eigenvalue weighted by molar-refractivity contribution is 5.94. The summed E-state index contributed by atoms with van der Waals surface area (Å²) in [7, 11) is 0. The van der Waals surface area contributed by atoms with Crippen molar-refractivity contribution in [3.8, 4) is 0 Å². The molecule has 3 nitrogen and oxygen atoms in total. The second-order valence-electron chi connectivity index (χ2n) is 3.49. The number of rotatable bonds is 1. The summed E-state index contributed by atoms with van der Waals surface area (Å²) in [6, 6.07) is 0. The van der Waals surface area contributed by atoms with Crippen LogP contribution in [0.2, 0.25) is 0 Å². The van der Waals surface area contributed by atoms with Gasteiger partial charge in [-0.1, -0.05) is 5.11 Å². The molecule has 0 saturated carbocycles. The van der Waals surface area contributed by atoms with Crippen LogP contribution in [0.1, 0.15) is 0 Å². The van der Waals surface area contributed by atoms with Gasteiger partial charge in [-0.15, -0.1) is 0 Å². The van der Waals surface area contributed by atoms with Crippen LogP contribution < -0.4 is 0 Å². The van der Waals surface area contributed by atoms with Gasteiger partial charge in [0.1, 0.15) is 0 Å². The van der Waals surface area contributed by atoms with E-state index in [1.807, 2.05) is 4.91 Å². The van der Waals surface area contributed by atoms with Crippen molar-refractivity contribution in [2.45, 2.75) is 0 Å². The topological polar surface area (TPSA) is 48.8 Å². The maximum absolute atomic E-state index is 13.5. The number of hydrogen-bond acceptors (Lipinski definition) is 1. The summed E-state index contributed by atoms with van der Waals surface area (Å²) in [4.78, 5) is 2.00. The summed E-state index contributed by atoms with van der Waals surface area (Å²) in [5.41, 5.74) is 6.62. The molecule has 0 spiro atoms. The third-order valence-corrected chi connectivity index (χ3v) is 2.46. The van der Waals surface area contributed by atoms with E-state index in [-0.39, 0.29) is 0 Å². The number of fused-ring (bicyclic) bond motifs is 1. The van der Waals surface area contributed by atoms with Gasteiger partial charge in [0.15, 0.2) is 40.7 Å². The Morgan fingerprint density at radius 3 is 1.45 bits per heavy atom. The van der Waals surface area contributed by atoms with Crippen molar-refractivity contribution in [3.05, 3.63) is 51.2 Å². The van der Waals surface area contributed by atoms with Crippen molar-refractivity contribution in [1.29, 1.82) is 0 Å². The SMILES string of the molecule is [N-]=[N+]=Nc1c(F)c(F)c(F)c2c(F)c(F)c(F)c(F)c12. The van der Waals surface area contributed by atoms with Gasteiger partial charge in [0, 0.05) is 10.3 Å². The molecule has 0 atom stereocenters. The van der Waals surface area contributed by atoms with Crippen LogP contribution >= 0.6 is 0 Å². The lowest BCUT2D eigenvalue weighted by Gasteiger charge is -2.10. The normalized spacial score (nSPS) is 10.8. The minimum Gasteiger partial charge on any atom is -0.203 e. The van der Waals surface area contributed by atoms with Crippen LogP contribution in [0.4, 0.5) is 36.4 Å². The van der Waals surface area contributed by atoms with Crippen molar-refractivity contribution in [3.63, 3.8) is 0 Å². The molecule has 20 heavy (non-hydrogen) atoms. The Hall–Kier alpha value is -2.48. The van der Waals surface area contributed by atoms with Crippen LogP contribution in [0.5, 0.6) is 0 Å². The predicted molar refractivity (Wildman–Crippen MR) is 52.5 cm³/mol. The van der Waals surface area contributed by atoms with E-state index in [2.05, 4.69) is 5.11 Å². The van der Waals surface area contributed by atoms with Crippen LogP contribution in [0.3, 0.4) is 0 Å². The molecule has 2 rings (SSSR count). The van der Waals surface area contributed by atoms with E-state index < -0.39 is 57.2 Å². The summed E-state index contributed by atoms with van der Waals surface area (Å²) >= 11 is 0. The number of azide groups is 1. The van der Waals surface area contributed by atoms with Crippen molar-refractivity contribution in [2.24, 2.45) is 5.11 Å². The second kappa shape index (κ2) is 4.57. The van der Waals surface area contributed by atoms with Crippen LogP contribution in [-0.2, 0) is 0 Å². The van der Waals surface area contributed by atoms with E-state index in [4.69, 9.17) is 5.53 Å². The molecule has 0 aliphatic carbocycles. The number of nitrogens with zero attached hydrogens (tertiary/aromatic N) is 3. The number of halogens is 7. The molecule has 2 aromatic carbocycles. The zero-order chi connectivity index (χ0) is 15.2. The first-order valence-electron chi connectivity index (χ1n) is 4.70. The maximum Gasteiger partial charge on any atom is 0.198 e. The summed E-state index contributed by atoms with van der Waals surface area (Å²) in [6.07, 6.45) is 0. The van der Waals surface area contributed by atoms with Gasteiger partial charge in [-0.2, -0.15) is 0 Å². The molecule has 0 heterocycles. The summed E-state index contributed by atoms with van der Waals surface area (Å²) in [5.74, 6) is -16.0. The molecule has 0 aromatic heterocycles. The Labute approximate surface area is 104 Å². The lowest BCUT2D eigenvalue weighted by Crippen LogP contribution is -2.03. The molecule has 0 saturated heterocycles. The fraction of sp³-hybridized carbons (Fsp3) is 0. The van der Waals surface area contributed by atoms with Gasteiger partial charge in [-0.3, -0.25) is 0 Å². The third-order valence-electron chi connectivity index (χ3n) is 2.46. The Kier molecular flexibility index (Phi) is 3.18. The average molecular weight is 295 g/mol. The van der Waals surface area contributed by atoms with E-state index in [0.717, 1.165) is 0 Å². The second-order valence-corrected chi connectivity index (χ2v) is 3.49. The summed E-state index contributed by atoms with van der Waals surface area (Å²) < 4.78 is 92.8. The first-order valence-corrected chi connectivity index (χ1v) is 4.70. The molecular weight excluding hydrogens is 295 g/mol. The Morgan fingerprint density at radius 1 is 0.600 bits per heavy atom. The lowest BCUT2D eigenvalue weighted by atomic mass is 10.1. The van der Waals surface area contributed by atoms with Crippen molar-refractivity contribution in [2.75, 3.05) is 0 Å². The Bertz CT molecular complexity index is 788. The molecular formula is C10F7N3. The van der Waals surface area contributed by atoms with Gasteiger partial charge < -0.3 is 0 Å². The molecule has 0 bridgehead atoms. The van der Waals surface area contributed by atoms with E-state index in [1.54, 1.807) is 0 Å². The van der Waals surface area contributed by atoms with Gasteiger partial charge in [0.05, 0.1) is 11.1 Å². The van der Waals surface area contributed by atoms with Crippen LogP contribution in [0.15, 0.2) is 5.11 Å². The monoisotopic (exact) mass is 295 g/mol. The van der Waals surface area contributed by atoms with Gasteiger partial charge in [-0.05, 0) is 5.53 Å². The molecule has 0 N–H and O–H groups in total. The average Bonchev–Trinajstić information content (AvgIpc) is 2.43. The lowest BCUT2D eigenvalue weighted by molar-refractivity contribution is 0.411. The first-order chi connectivity index (χ1) is 9.32. The molecule has 0 aliphatic rings. The molecule has 104 valence electrons. The predicted octanol–water partition coefficient (Wildman–Crippen LogP) is 4.76. The zero-order valence-corrected chi connectivity index (χ0v) is 8.99. The fourth-order valence-corrected chi connectivity index (χ4v) is 1.62. The van der Waals surface area contributed by atoms with E-state index in [0.29, 0.717) is 0 Å². The largest absolute Gasteiger partial charge is 0.203 e. The van der Waals surface area contributed by atoms with Crippen LogP contribution in [0, 0.1) is 40.7 Å². The van der Waals surface area contributed by atoms with E-state index >= 15 is 0 Å². The van der Waals surface area contributed by atoms with Crippen LogP contribution in [0.25, 0.3) is 21.2 Å². The van der Waals surface area contributed by atoms with E-state index in [9.17, 15) is 30.7 Å². The van der Waals surface area contributed by atoms with Crippen molar-refractivity contribution in [1.82, 2.24) is 0 Å². The highest BCUT2D eigenvalue weighted by atomic mass is 19.2. The third kappa shape index (κ3) is 1.65. The molecule has 0 unspecified atom stereocenters. The zero-order valence-electron chi connectivity index (χ0n) is 8.99. The van der Waals surface area contributed by atoms with Gasteiger partial charge in [0.2, 0.25) is 0 Å². The molecule has 0 radical (unpaired) electrons. The number of hydrogen-bond donors (Lipinski definition) is 0. The molecule has 2 aromatic rings. The molecule has 0 amide bonds. The van der Waals surface area contributed by atoms with Gasteiger partial charge >= 0.3 is 0 Å². The maximum atomic E-state index is 13.5. The van der Waals surface area contributed by atoms with Gasteiger partial charge in [-0.25, -0.2) is 30.7 Å². The molecule has 0 fully saturated rings. The minimum atomic E-state index is -2.41. The van der Waals surface area contributed by atoms with Crippen molar-refractivity contribution >= 4 is 16.5 Å². The molecule has 10 heteroatoms. The standard InChI is InChI=1S/C10F7N3/c11-3-1-2(5(13)7(15)6(3)14)10(19-20-18)9(17)8(16)4(1)12.